The first kappa shape index (κ1) is 10.3. The highest BCUT2D eigenvalue weighted by atomic mass is 14.8. The average Bonchev–Trinajstić information content (AvgIpc) is 2.28. The molecule has 0 saturated carbocycles. The Balaban J connectivity index is 2.51. The van der Waals surface area contributed by atoms with Crippen molar-refractivity contribution in [2.45, 2.75) is 6.42 Å². The molecule has 0 spiro atoms. The number of nitrogens with two attached hydrogens (primary N) is 3. The van der Waals surface area contributed by atoms with E-state index < -0.39 is 0 Å². The van der Waals surface area contributed by atoms with Gasteiger partial charge in [0.25, 0.3) is 0 Å². The van der Waals surface area contributed by atoms with Crippen LogP contribution in [0.3, 0.4) is 0 Å². The maximum absolute atomic E-state index is 7.95. The van der Waals surface area contributed by atoms with E-state index in [0.717, 1.165) is 5.56 Å². The fourth-order valence-electron chi connectivity index (χ4n) is 1.78. The minimum atomic E-state index is 0.215. The van der Waals surface area contributed by atoms with Crippen LogP contribution in [0.15, 0.2) is 47.4 Å². The molecule has 0 unspecified atom stereocenters. The number of allylic oxidation sites excluding steroid dienone is 1. The second kappa shape index (κ2) is 3.73. The largest absolute Gasteiger partial charge is 0.401 e. The molecule has 16 heavy (non-hydrogen) atoms. The van der Waals surface area contributed by atoms with Crippen molar-refractivity contribution in [3.8, 4) is 0 Å². The maximum atomic E-state index is 7.95. The summed E-state index contributed by atoms with van der Waals surface area (Å²) in [5.41, 5.74) is 20.6. The van der Waals surface area contributed by atoms with Gasteiger partial charge in [0.1, 0.15) is 0 Å². The van der Waals surface area contributed by atoms with Crippen LogP contribution in [-0.4, -0.2) is 5.71 Å². The van der Waals surface area contributed by atoms with Crippen molar-refractivity contribution in [2.75, 3.05) is 0 Å². The Kier molecular flexibility index (Phi) is 2.40. The van der Waals surface area contributed by atoms with Gasteiger partial charge in [-0.15, -0.1) is 0 Å². The molecule has 0 saturated heterocycles. The molecule has 0 amide bonds. The molecule has 0 atom stereocenters. The molecule has 1 aromatic carbocycles. The van der Waals surface area contributed by atoms with E-state index in [9.17, 15) is 0 Å². The van der Waals surface area contributed by atoms with Crippen molar-refractivity contribution < 1.29 is 0 Å². The van der Waals surface area contributed by atoms with E-state index in [1.165, 1.54) is 0 Å². The second-order valence-corrected chi connectivity index (χ2v) is 3.76. The van der Waals surface area contributed by atoms with Crippen LogP contribution in [-0.2, 0) is 0 Å². The average molecular weight is 214 g/mol. The summed E-state index contributed by atoms with van der Waals surface area (Å²) in [5, 5.41) is 7.95. The Morgan fingerprint density at radius 2 is 1.56 bits per heavy atom. The second-order valence-electron chi connectivity index (χ2n) is 3.76. The summed E-state index contributed by atoms with van der Waals surface area (Å²) in [6, 6.07) is 9.54. The molecule has 0 fully saturated rings. The zero-order valence-electron chi connectivity index (χ0n) is 8.83. The summed E-state index contributed by atoms with van der Waals surface area (Å²) >= 11 is 0. The summed E-state index contributed by atoms with van der Waals surface area (Å²) in [5.74, 6) is 0. The zero-order valence-corrected chi connectivity index (χ0v) is 8.83. The van der Waals surface area contributed by atoms with Gasteiger partial charge >= 0.3 is 0 Å². The van der Waals surface area contributed by atoms with Crippen LogP contribution < -0.4 is 17.2 Å². The topological polar surface area (TPSA) is 102 Å². The molecule has 0 bridgehead atoms. The standard InChI is InChI=1S/C12H14N4/c13-8-6-9(14)11(15)12(16)10(8)7-4-2-1-3-5-7/h1-5,16H,6,13-15H2. The van der Waals surface area contributed by atoms with Crippen molar-refractivity contribution >= 4 is 11.3 Å². The van der Waals surface area contributed by atoms with Crippen molar-refractivity contribution in [1.29, 1.82) is 5.41 Å². The SMILES string of the molecule is N=C1C(N)=C(N)CC(N)=C1c1ccccc1. The minimum Gasteiger partial charge on any atom is -0.401 e. The number of rotatable bonds is 1. The molecular formula is C12H14N4. The van der Waals surface area contributed by atoms with E-state index in [0.29, 0.717) is 29.1 Å². The summed E-state index contributed by atoms with van der Waals surface area (Å²) < 4.78 is 0. The molecule has 4 heteroatoms. The lowest BCUT2D eigenvalue weighted by atomic mass is 9.90. The third-order valence-electron chi connectivity index (χ3n) is 2.63. The summed E-state index contributed by atoms with van der Waals surface area (Å²) in [7, 11) is 0. The van der Waals surface area contributed by atoms with Crippen molar-refractivity contribution in [2.24, 2.45) is 17.2 Å². The van der Waals surface area contributed by atoms with Crippen molar-refractivity contribution in [1.82, 2.24) is 0 Å². The Hall–Kier alpha value is -2.23. The first-order chi connectivity index (χ1) is 7.61. The van der Waals surface area contributed by atoms with Crippen LogP contribution in [0.25, 0.3) is 5.57 Å². The first-order valence-corrected chi connectivity index (χ1v) is 4.98. The summed E-state index contributed by atoms with van der Waals surface area (Å²) in [6.45, 7) is 0. The highest BCUT2D eigenvalue weighted by molar-refractivity contribution is 6.31. The molecule has 0 heterocycles. The quantitative estimate of drug-likeness (QED) is 0.558. The van der Waals surface area contributed by atoms with Gasteiger partial charge in [-0.25, -0.2) is 0 Å². The van der Waals surface area contributed by atoms with Gasteiger partial charge in [-0.1, -0.05) is 30.3 Å². The number of benzene rings is 1. The molecule has 1 aliphatic rings. The van der Waals surface area contributed by atoms with Crippen molar-refractivity contribution in [3.05, 3.63) is 53.0 Å². The monoisotopic (exact) mass is 214 g/mol. The normalized spacial score (nSPS) is 16.9. The van der Waals surface area contributed by atoms with Gasteiger partial charge in [-0.3, -0.25) is 5.41 Å². The fourth-order valence-corrected chi connectivity index (χ4v) is 1.78. The van der Waals surface area contributed by atoms with Gasteiger partial charge in [0, 0.05) is 23.4 Å². The van der Waals surface area contributed by atoms with Crippen LogP contribution in [0, 0.1) is 5.41 Å². The Bertz CT molecular complexity index is 497. The molecular weight excluding hydrogens is 200 g/mol. The van der Waals surface area contributed by atoms with Gasteiger partial charge in [0.15, 0.2) is 0 Å². The molecule has 0 aromatic heterocycles. The van der Waals surface area contributed by atoms with E-state index in [1.54, 1.807) is 0 Å². The van der Waals surface area contributed by atoms with E-state index >= 15 is 0 Å². The van der Waals surface area contributed by atoms with Gasteiger partial charge in [-0.05, 0) is 5.56 Å². The third kappa shape index (κ3) is 1.54. The molecule has 0 aliphatic heterocycles. The summed E-state index contributed by atoms with van der Waals surface area (Å²) in [4.78, 5) is 0. The van der Waals surface area contributed by atoms with Crippen LogP contribution in [0.2, 0.25) is 0 Å². The maximum Gasteiger partial charge on any atom is 0.0882 e. The first-order valence-electron chi connectivity index (χ1n) is 4.98. The Morgan fingerprint density at radius 3 is 2.19 bits per heavy atom. The molecule has 2 rings (SSSR count). The van der Waals surface area contributed by atoms with Crippen LogP contribution >= 0.6 is 0 Å². The predicted molar refractivity (Wildman–Crippen MR) is 65.3 cm³/mol. The van der Waals surface area contributed by atoms with E-state index in [1.807, 2.05) is 30.3 Å². The van der Waals surface area contributed by atoms with Gasteiger partial charge < -0.3 is 17.2 Å². The zero-order chi connectivity index (χ0) is 11.7. The predicted octanol–water partition coefficient (Wildman–Crippen LogP) is 0.909. The highest BCUT2D eigenvalue weighted by Crippen LogP contribution is 2.27. The van der Waals surface area contributed by atoms with E-state index in [4.69, 9.17) is 22.6 Å². The van der Waals surface area contributed by atoms with Crippen molar-refractivity contribution in [3.63, 3.8) is 0 Å². The molecule has 82 valence electrons. The van der Waals surface area contributed by atoms with Crippen LogP contribution in [0.1, 0.15) is 12.0 Å². The highest BCUT2D eigenvalue weighted by Gasteiger charge is 2.21. The summed E-state index contributed by atoms with van der Waals surface area (Å²) in [6.07, 6.45) is 0.429. The Morgan fingerprint density at radius 1 is 0.938 bits per heavy atom. The minimum absolute atomic E-state index is 0.215. The lowest BCUT2D eigenvalue weighted by Crippen LogP contribution is -2.26. The lowest BCUT2D eigenvalue weighted by Gasteiger charge is -2.20. The van der Waals surface area contributed by atoms with E-state index in [-0.39, 0.29) is 5.71 Å². The molecule has 4 nitrogen and oxygen atoms in total. The molecule has 1 aromatic rings. The lowest BCUT2D eigenvalue weighted by molar-refractivity contribution is 1.02. The number of hydrogen-bond donors (Lipinski definition) is 4. The molecule has 1 aliphatic carbocycles. The molecule has 0 radical (unpaired) electrons. The molecule has 7 N–H and O–H groups in total. The van der Waals surface area contributed by atoms with Gasteiger partial charge in [0.05, 0.1) is 11.4 Å². The van der Waals surface area contributed by atoms with Crippen LogP contribution in [0.4, 0.5) is 0 Å². The van der Waals surface area contributed by atoms with Crippen LogP contribution in [0.5, 0.6) is 0 Å². The smallest absolute Gasteiger partial charge is 0.0882 e. The number of hydrogen-bond acceptors (Lipinski definition) is 4. The van der Waals surface area contributed by atoms with Gasteiger partial charge in [-0.2, -0.15) is 0 Å². The van der Waals surface area contributed by atoms with Gasteiger partial charge in [0.2, 0.25) is 0 Å². The third-order valence-corrected chi connectivity index (χ3v) is 2.63. The fraction of sp³-hybridized carbons (Fsp3) is 0.0833. The van der Waals surface area contributed by atoms with E-state index in [2.05, 4.69) is 0 Å². The number of nitrogens with one attached hydrogen (secondary N) is 1. The Labute approximate surface area is 93.9 Å².